The molecule has 106 valence electrons. The molecule has 3 nitrogen and oxygen atoms in total. The van der Waals surface area contributed by atoms with E-state index < -0.39 is 18.5 Å². The van der Waals surface area contributed by atoms with Crippen LogP contribution in [0.15, 0.2) is 48.5 Å². The first kappa shape index (κ1) is 14.4. The lowest BCUT2D eigenvalue weighted by Crippen LogP contribution is -2.29. The first-order valence-electron chi connectivity index (χ1n) is 5.87. The zero-order chi connectivity index (χ0) is 14.5. The summed E-state index contributed by atoms with van der Waals surface area (Å²) in [6, 6.07) is 11.5. The quantitative estimate of drug-likeness (QED) is 0.654. The topological polar surface area (TPSA) is 47.3 Å². The largest absolute Gasteiger partial charge is 0.435 e. The van der Waals surface area contributed by atoms with Gasteiger partial charge < -0.3 is 4.74 Å². The molecular weight excluding hydrogens is 269 g/mol. The standard InChI is InChI=1S/C14H13F3N2O/c15-12-4-2-1-3-11(12)13(19-18)9-5-7-10(8-6-9)20-14(16)17/h1-8,13-14,19H,18H2. The van der Waals surface area contributed by atoms with Crippen molar-refractivity contribution in [2.75, 3.05) is 0 Å². The van der Waals surface area contributed by atoms with Crippen LogP contribution in [0, 0.1) is 5.82 Å². The number of nitrogens with one attached hydrogen (secondary N) is 1. The summed E-state index contributed by atoms with van der Waals surface area (Å²) in [6.45, 7) is -2.88. The number of rotatable bonds is 5. The number of hydrogen-bond acceptors (Lipinski definition) is 3. The molecule has 6 heteroatoms. The number of alkyl halides is 2. The van der Waals surface area contributed by atoms with Crippen LogP contribution in [-0.4, -0.2) is 6.61 Å². The predicted molar refractivity (Wildman–Crippen MR) is 68.6 cm³/mol. The van der Waals surface area contributed by atoms with Crippen LogP contribution < -0.4 is 16.0 Å². The Morgan fingerprint density at radius 2 is 1.65 bits per heavy atom. The molecule has 0 aromatic heterocycles. The van der Waals surface area contributed by atoms with E-state index >= 15 is 0 Å². The second-order valence-electron chi connectivity index (χ2n) is 4.07. The molecule has 2 rings (SSSR count). The number of hydrazine groups is 1. The van der Waals surface area contributed by atoms with E-state index in [1.165, 1.54) is 18.2 Å². The van der Waals surface area contributed by atoms with Crippen LogP contribution in [0.2, 0.25) is 0 Å². The molecule has 2 aromatic rings. The third-order valence-corrected chi connectivity index (χ3v) is 2.82. The zero-order valence-electron chi connectivity index (χ0n) is 10.4. The smallest absolute Gasteiger partial charge is 0.387 e. The molecule has 0 amide bonds. The van der Waals surface area contributed by atoms with Crippen molar-refractivity contribution in [3.8, 4) is 5.75 Å². The minimum Gasteiger partial charge on any atom is -0.435 e. The Morgan fingerprint density at radius 3 is 2.20 bits per heavy atom. The lowest BCUT2D eigenvalue weighted by atomic mass is 9.99. The number of hydrogen-bond donors (Lipinski definition) is 2. The molecule has 0 aliphatic rings. The van der Waals surface area contributed by atoms with Crippen molar-refractivity contribution in [3.05, 3.63) is 65.5 Å². The maximum atomic E-state index is 13.7. The van der Waals surface area contributed by atoms with Gasteiger partial charge in [0.1, 0.15) is 11.6 Å². The fourth-order valence-corrected chi connectivity index (χ4v) is 1.92. The van der Waals surface area contributed by atoms with E-state index in [2.05, 4.69) is 10.2 Å². The van der Waals surface area contributed by atoms with Gasteiger partial charge >= 0.3 is 6.61 Å². The maximum Gasteiger partial charge on any atom is 0.387 e. The van der Waals surface area contributed by atoms with Crippen LogP contribution in [0.25, 0.3) is 0 Å². The first-order valence-corrected chi connectivity index (χ1v) is 5.87. The third kappa shape index (κ3) is 3.28. The van der Waals surface area contributed by atoms with Gasteiger partial charge in [-0.15, -0.1) is 0 Å². The van der Waals surface area contributed by atoms with Crippen LogP contribution in [0.3, 0.4) is 0 Å². The summed E-state index contributed by atoms with van der Waals surface area (Å²) in [6.07, 6.45) is 0. The molecule has 0 fully saturated rings. The average molecular weight is 282 g/mol. The van der Waals surface area contributed by atoms with Crippen molar-refractivity contribution in [2.45, 2.75) is 12.7 Å². The molecular formula is C14H13F3N2O. The predicted octanol–water partition coefficient (Wildman–Crippen LogP) is 2.98. The number of nitrogens with two attached hydrogens (primary N) is 1. The van der Waals surface area contributed by atoms with Gasteiger partial charge in [-0.2, -0.15) is 8.78 Å². The van der Waals surface area contributed by atoms with Crippen molar-refractivity contribution in [1.82, 2.24) is 5.43 Å². The van der Waals surface area contributed by atoms with Crippen molar-refractivity contribution < 1.29 is 17.9 Å². The molecule has 1 atom stereocenters. The Morgan fingerprint density at radius 1 is 1.00 bits per heavy atom. The van der Waals surface area contributed by atoms with E-state index in [0.717, 1.165) is 0 Å². The maximum absolute atomic E-state index is 13.7. The van der Waals surface area contributed by atoms with E-state index in [1.54, 1.807) is 30.3 Å². The van der Waals surface area contributed by atoms with Crippen LogP contribution in [0.5, 0.6) is 5.75 Å². The van der Waals surface area contributed by atoms with Crippen molar-refractivity contribution in [2.24, 2.45) is 5.84 Å². The van der Waals surface area contributed by atoms with Crippen LogP contribution in [0.1, 0.15) is 17.2 Å². The molecule has 2 aromatic carbocycles. The first-order chi connectivity index (χ1) is 9.61. The van der Waals surface area contributed by atoms with E-state index in [0.29, 0.717) is 11.1 Å². The van der Waals surface area contributed by atoms with Gasteiger partial charge in [-0.25, -0.2) is 9.82 Å². The van der Waals surface area contributed by atoms with E-state index in [4.69, 9.17) is 5.84 Å². The molecule has 0 aliphatic heterocycles. The zero-order valence-corrected chi connectivity index (χ0v) is 10.4. The van der Waals surface area contributed by atoms with Gasteiger partial charge in [0.25, 0.3) is 0 Å². The van der Waals surface area contributed by atoms with Gasteiger partial charge in [0, 0.05) is 5.56 Å². The fourth-order valence-electron chi connectivity index (χ4n) is 1.92. The van der Waals surface area contributed by atoms with Crippen LogP contribution in [-0.2, 0) is 0 Å². The summed E-state index contributed by atoms with van der Waals surface area (Å²) < 4.78 is 42.1. The summed E-state index contributed by atoms with van der Waals surface area (Å²) in [4.78, 5) is 0. The Labute approximate surface area is 114 Å². The lowest BCUT2D eigenvalue weighted by molar-refractivity contribution is -0.0498. The third-order valence-electron chi connectivity index (χ3n) is 2.82. The minimum absolute atomic E-state index is 0.0352. The second-order valence-corrected chi connectivity index (χ2v) is 4.07. The van der Waals surface area contributed by atoms with Gasteiger partial charge in [0.2, 0.25) is 0 Å². The molecule has 0 saturated heterocycles. The summed E-state index contributed by atoms with van der Waals surface area (Å²) in [5.74, 6) is 5.09. The molecule has 1 unspecified atom stereocenters. The van der Waals surface area contributed by atoms with Gasteiger partial charge in [0.05, 0.1) is 6.04 Å². The number of benzene rings is 2. The summed E-state index contributed by atoms with van der Waals surface area (Å²) in [5, 5.41) is 0. The molecule has 0 heterocycles. The van der Waals surface area contributed by atoms with Crippen molar-refractivity contribution in [3.63, 3.8) is 0 Å². The SMILES string of the molecule is NNC(c1ccc(OC(F)F)cc1)c1ccccc1F. The highest BCUT2D eigenvalue weighted by Gasteiger charge is 2.16. The lowest BCUT2D eigenvalue weighted by Gasteiger charge is -2.18. The van der Waals surface area contributed by atoms with E-state index in [1.807, 2.05) is 0 Å². The highest BCUT2D eigenvalue weighted by molar-refractivity contribution is 5.35. The Hall–Kier alpha value is -2.05. The van der Waals surface area contributed by atoms with E-state index in [-0.39, 0.29) is 5.75 Å². The average Bonchev–Trinajstić information content (AvgIpc) is 2.43. The number of ether oxygens (including phenoxy) is 1. The summed E-state index contributed by atoms with van der Waals surface area (Å²) >= 11 is 0. The Balaban J connectivity index is 2.26. The van der Waals surface area contributed by atoms with Gasteiger partial charge in [-0.3, -0.25) is 5.84 Å². The Kier molecular flexibility index (Phi) is 4.60. The highest BCUT2D eigenvalue weighted by atomic mass is 19.3. The normalized spacial score (nSPS) is 12.4. The minimum atomic E-state index is -2.88. The van der Waals surface area contributed by atoms with Gasteiger partial charge in [-0.05, 0) is 23.8 Å². The van der Waals surface area contributed by atoms with Crippen molar-refractivity contribution >= 4 is 0 Å². The molecule has 0 radical (unpaired) electrons. The molecule has 0 aliphatic carbocycles. The Bertz CT molecular complexity index is 561. The summed E-state index contributed by atoms with van der Waals surface area (Å²) in [5.41, 5.74) is 3.52. The highest BCUT2D eigenvalue weighted by Crippen LogP contribution is 2.25. The van der Waals surface area contributed by atoms with Crippen LogP contribution >= 0.6 is 0 Å². The molecule has 0 bridgehead atoms. The molecule has 0 spiro atoms. The molecule has 3 N–H and O–H groups in total. The molecule has 0 saturated carbocycles. The summed E-state index contributed by atoms with van der Waals surface area (Å²) in [7, 11) is 0. The fraction of sp³-hybridized carbons (Fsp3) is 0.143. The van der Waals surface area contributed by atoms with Crippen LogP contribution in [0.4, 0.5) is 13.2 Å². The number of halogens is 3. The van der Waals surface area contributed by atoms with Gasteiger partial charge in [0.15, 0.2) is 0 Å². The monoisotopic (exact) mass is 282 g/mol. The molecule has 20 heavy (non-hydrogen) atoms. The van der Waals surface area contributed by atoms with Gasteiger partial charge in [-0.1, -0.05) is 30.3 Å². The van der Waals surface area contributed by atoms with E-state index in [9.17, 15) is 13.2 Å². The van der Waals surface area contributed by atoms with Crippen molar-refractivity contribution in [1.29, 1.82) is 0 Å². The second kappa shape index (κ2) is 6.40.